The zero-order valence-electron chi connectivity index (χ0n) is 13.1. The van der Waals surface area contributed by atoms with E-state index in [4.69, 9.17) is 4.74 Å². The number of hydrogen-bond donors (Lipinski definition) is 3. The second-order valence-corrected chi connectivity index (χ2v) is 6.90. The van der Waals surface area contributed by atoms with Crippen LogP contribution in [-0.4, -0.2) is 55.8 Å². The highest BCUT2D eigenvalue weighted by Gasteiger charge is 2.27. The highest BCUT2D eigenvalue weighted by atomic mass is 79.9. The summed E-state index contributed by atoms with van der Waals surface area (Å²) < 4.78 is 6.30. The van der Waals surface area contributed by atoms with Crippen LogP contribution in [0.25, 0.3) is 0 Å². The molecule has 2 atom stereocenters. The number of aliphatic hydroxyl groups excluding tert-OH is 1. The van der Waals surface area contributed by atoms with Crippen molar-refractivity contribution >= 4 is 33.4 Å². The minimum absolute atomic E-state index is 0.0228. The Morgan fingerprint density at radius 2 is 2.29 bits per heavy atom. The summed E-state index contributed by atoms with van der Waals surface area (Å²) in [7, 11) is 0. The van der Waals surface area contributed by atoms with Gasteiger partial charge in [-0.1, -0.05) is 15.9 Å². The number of hydrogen-bond acceptors (Lipinski definition) is 5. The van der Waals surface area contributed by atoms with Gasteiger partial charge in [-0.15, -0.1) is 0 Å². The molecule has 1 saturated heterocycles. The quantitative estimate of drug-likeness (QED) is 0.662. The van der Waals surface area contributed by atoms with Gasteiger partial charge in [0.05, 0.1) is 11.8 Å². The Kier molecular flexibility index (Phi) is 5.37. The summed E-state index contributed by atoms with van der Waals surface area (Å²) in [6.07, 6.45) is -0.214. The standard InChI is InChI=1S/C16H20BrN3O4/c17-11-1-2-12-14(5-11)24-9-16(23)20(12)4-3-15(22)19-7-10-6-18-8-13(10)21/h1-2,5,10,13,18,21H,3-4,6-9H2,(H,19,22). The van der Waals surface area contributed by atoms with E-state index in [0.717, 1.165) is 4.47 Å². The predicted octanol–water partition coefficient (Wildman–Crippen LogP) is 0.261. The lowest BCUT2D eigenvalue weighted by Gasteiger charge is -2.29. The molecule has 0 saturated carbocycles. The van der Waals surface area contributed by atoms with Crippen molar-refractivity contribution in [1.82, 2.24) is 10.6 Å². The summed E-state index contributed by atoms with van der Waals surface area (Å²) in [6.45, 7) is 1.98. The second-order valence-electron chi connectivity index (χ2n) is 5.99. The predicted molar refractivity (Wildman–Crippen MR) is 92.0 cm³/mol. The van der Waals surface area contributed by atoms with Crippen molar-refractivity contribution in [1.29, 1.82) is 0 Å². The minimum Gasteiger partial charge on any atom is -0.482 e. The van der Waals surface area contributed by atoms with Gasteiger partial charge < -0.3 is 25.4 Å². The normalized spacial score (nSPS) is 22.9. The Labute approximate surface area is 148 Å². The summed E-state index contributed by atoms with van der Waals surface area (Å²) in [6, 6.07) is 5.45. The molecule has 1 fully saturated rings. The highest BCUT2D eigenvalue weighted by molar-refractivity contribution is 9.10. The van der Waals surface area contributed by atoms with Crippen molar-refractivity contribution in [3.05, 3.63) is 22.7 Å². The Hall–Kier alpha value is -1.64. The zero-order chi connectivity index (χ0) is 17.1. The maximum absolute atomic E-state index is 12.1. The lowest BCUT2D eigenvalue weighted by Crippen LogP contribution is -2.41. The van der Waals surface area contributed by atoms with Crippen molar-refractivity contribution in [3.63, 3.8) is 0 Å². The number of amides is 2. The molecule has 130 valence electrons. The van der Waals surface area contributed by atoms with Crippen molar-refractivity contribution in [2.45, 2.75) is 12.5 Å². The number of aliphatic hydroxyl groups is 1. The number of rotatable bonds is 5. The van der Waals surface area contributed by atoms with Gasteiger partial charge in [0, 0.05) is 43.0 Å². The number of nitrogens with one attached hydrogen (secondary N) is 2. The first-order valence-corrected chi connectivity index (χ1v) is 8.72. The summed E-state index contributed by atoms with van der Waals surface area (Å²) in [5.74, 6) is 0.377. The molecule has 1 aromatic carbocycles. The topological polar surface area (TPSA) is 90.9 Å². The fourth-order valence-electron chi connectivity index (χ4n) is 2.90. The molecule has 3 rings (SSSR count). The minimum atomic E-state index is -0.420. The molecular formula is C16H20BrN3O4. The third-order valence-corrected chi connectivity index (χ3v) is 4.79. The largest absolute Gasteiger partial charge is 0.482 e. The fraction of sp³-hybridized carbons (Fsp3) is 0.500. The number of nitrogens with zero attached hydrogens (tertiary/aromatic N) is 1. The third-order valence-electron chi connectivity index (χ3n) is 4.29. The van der Waals surface area contributed by atoms with E-state index < -0.39 is 6.10 Å². The van der Waals surface area contributed by atoms with Crippen LogP contribution in [0.3, 0.4) is 0 Å². The van der Waals surface area contributed by atoms with Gasteiger partial charge >= 0.3 is 0 Å². The molecule has 2 amide bonds. The summed E-state index contributed by atoms with van der Waals surface area (Å²) in [5, 5.41) is 15.6. The van der Waals surface area contributed by atoms with Crippen molar-refractivity contribution < 1.29 is 19.4 Å². The number of anilines is 1. The molecule has 24 heavy (non-hydrogen) atoms. The first-order valence-electron chi connectivity index (χ1n) is 7.93. The molecule has 0 spiro atoms. The molecule has 0 aromatic heterocycles. The van der Waals surface area contributed by atoms with Gasteiger partial charge in [0.1, 0.15) is 5.75 Å². The van der Waals surface area contributed by atoms with Crippen LogP contribution < -0.4 is 20.3 Å². The lowest BCUT2D eigenvalue weighted by atomic mass is 10.1. The lowest BCUT2D eigenvalue weighted by molar-refractivity contribution is -0.122. The van der Waals surface area contributed by atoms with Crippen LogP contribution in [0.15, 0.2) is 22.7 Å². The zero-order valence-corrected chi connectivity index (χ0v) is 14.7. The molecule has 2 unspecified atom stereocenters. The summed E-state index contributed by atoms with van der Waals surface area (Å²) in [4.78, 5) is 25.7. The number of fused-ring (bicyclic) bond motifs is 1. The third kappa shape index (κ3) is 3.88. The van der Waals surface area contributed by atoms with Crippen LogP contribution in [0.5, 0.6) is 5.75 Å². The van der Waals surface area contributed by atoms with Crippen LogP contribution in [-0.2, 0) is 9.59 Å². The molecule has 7 nitrogen and oxygen atoms in total. The van der Waals surface area contributed by atoms with Gasteiger partial charge in [-0.2, -0.15) is 0 Å². The van der Waals surface area contributed by atoms with Crippen LogP contribution in [0.4, 0.5) is 5.69 Å². The van der Waals surface area contributed by atoms with Crippen LogP contribution >= 0.6 is 15.9 Å². The molecule has 3 N–H and O–H groups in total. The molecule has 2 heterocycles. The fourth-order valence-corrected chi connectivity index (χ4v) is 3.24. The smallest absolute Gasteiger partial charge is 0.265 e. The van der Waals surface area contributed by atoms with E-state index in [1.807, 2.05) is 12.1 Å². The number of carbonyl (C=O) groups is 2. The maximum atomic E-state index is 12.1. The van der Waals surface area contributed by atoms with Gasteiger partial charge in [-0.3, -0.25) is 9.59 Å². The van der Waals surface area contributed by atoms with Crippen LogP contribution in [0, 0.1) is 5.92 Å². The molecular weight excluding hydrogens is 378 g/mol. The van der Waals surface area contributed by atoms with Gasteiger partial charge in [0.15, 0.2) is 6.61 Å². The molecule has 0 bridgehead atoms. The van der Waals surface area contributed by atoms with Crippen LogP contribution in [0.1, 0.15) is 6.42 Å². The maximum Gasteiger partial charge on any atom is 0.265 e. The Bertz CT molecular complexity index is 640. The number of β-amino-alcohol motifs (C(OH)–C–C–N with tert-alkyl or cyclic N) is 1. The van der Waals surface area contributed by atoms with Gasteiger partial charge in [0.25, 0.3) is 5.91 Å². The van der Waals surface area contributed by atoms with E-state index in [9.17, 15) is 14.7 Å². The molecule has 0 radical (unpaired) electrons. The first kappa shape index (κ1) is 17.2. The first-order chi connectivity index (χ1) is 11.5. The van der Waals surface area contributed by atoms with E-state index in [1.165, 1.54) is 0 Å². The molecule has 8 heteroatoms. The summed E-state index contributed by atoms with van der Waals surface area (Å²) in [5.41, 5.74) is 0.678. The van der Waals surface area contributed by atoms with Gasteiger partial charge in [-0.25, -0.2) is 0 Å². The average Bonchev–Trinajstić information content (AvgIpc) is 2.97. The molecule has 2 aliphatic rings. The molecule has 0 aliphatic carbocycles. The van der Waals surface area contributed by atoms with E-state index in [-0.39, 0.29) is 30.8 Å². The van der Waals surface area contributed by atoms with E-state index in [1.54, 1.807) is 11.0 Å². The van der Waals surface area contributed by atoms with Crippen LogP contribution in [0.2, 0.25) is 0 Å². The van der Waals surface area contributed by atoms with Crippen molar-refractivity contribution in [2.75, 3.05) is 37.7 Å². The Morgan fingerprint density at radius 3 is 3.04 bits per heavy atom. The number of carbonyl (C=O) groups excluding carboxylic acids is 2. The summed E-state index contributed by atoms with van der Waals surface area (Å²) >= 11 is 3.37. The van der Waals surface area contributed by atoms with Gasteiger partial charge in [0.2, 0.25) is 5.91 Å². The Balaban J connectivity index is 1.54. The van der Waals surface area contributed by atoms with E-state index >= 15 is 0 Å². The monoisotopic (exact) mass is 397 g/mol. The number of ether oxygens (including phenoxy) is 1. The van der Waals surface area contributed by atoms with Gasteiger partial charge in [-0.05, 0) is 18.2 Å². The van der Waals surface area contributed by atoms with Crippen molar-refractivity contribution in [3.8, 4) is 5.75 Å². The average molecular weight is 398 g/mol. The second kappa shape index (κ2) is 7.50. The van der Waals surface area contributed by atoms with E-state index in [2.05, 4.69) is 26.6 Å². The SMILES string of the molecule is O=C(CCN1C(=O)COc2cc(Br)ccc21)NCC1CNCC1O. The number of halogens is 1. The highest BCUT2D eigenvalue weighted by Crippen LogP contribution is 2.34. The molecule has 2 aliphatic heterocycles. The Morgan fingerprint density at radius 1 is 1.46 bits per heavy atom. The molecule has 1 aromatic rings. The van der Waals surface area contributed by atoms with Crippen molar-refractivity contribution in [2.24, 2.45) is 5.92 Å². The van der Waals surface area contributed by atoms with E-state index in [0.29, 0.717) is 37.6 Å². The number of benzene rings is 1.